The lowest BCUT2D eigenvalue weighted by Crippen LogP contribution is -2.46. The molecule has 2 fully saturated rings. The van der Waals surface area contributed by atoms with Crippen molar-refractivity contribution in [2.75, 3.05) is 18.0 Å². The van der Waals surface area contributed by atoms with Gasteiger partial charge in [-0.25, -0.2) is 9.78 Å². The minimum atomic E-state index is -0.816. The first-order valence-electron chi connectivity index (χ1n) is 11.4. The fourth-order valence-corrected chi connectivity index (χ4v) is 5.49. The number of primary amides is 2. The lowest BCUT2D eigenvalue weighted by Gasteiger charge is -2.39. The summed E-state index contributed by atoms with van der Waals surface area (Å²) in [5.41, 5.74) is 12.4. The Morgan fingerprint density at radius 2 is 1.77 bits per heavy atom. The molecule has 35 heavy (non-hydrogen) atoms. The molecule has 1 aromatic carbocycles. The van der Waals surface area contributed by atoms with Gasteiger partial charge in [-0.3, -0.25) is 4.79 Å². The van der Waals surface area contributed by atoms with E-state index in [9.17, 15) is 20.1 Å². The number of hydrogen-bond acceptors (Lipinski definition) is 8. The number of pyridine rings is 1. The van der Waals surface area contributed by atoms with Gasteiger partial charge >= 0.3 is 6.09 Å². The lowest BCUT2D eigenvalue weighted by atomic mass is 9.92. The first kappa shape index (κ1) is 24.4. The van der Waals surface area contributed by atoms with E-state index in [1.54, 1.807) is 0 Å². The topological polar surface area (TPSA) is 159 Å². The molecule has 1 saturated heterocycles. The third-order valence-electron chi connectivity index (χ3n) is 6.45. The number of nitrogens with two attached hydrogens (primary N) is 2. The summed E-state index contributed by atoms with van der Waals surface area (Å²) < 4.78 is 5.31. The van der Waals surface area contributed by atoms with Gasteiger partial charge in [0.1, 0.15) is 33.8 Å². The van der Waals surface area contributed by atoms with Crippen LogP contribution >= 0.6 is 11.8 Å². The Labute approximate surface area is 208 Å². The molecule has 2 amide bonds. The zero-order valence-corrected chi connectivity index (χ0v) is 20.2. The lowest BCUT2D eigenvalue weighted by molar-refractivity contribution is -0.117. The molecule has 1 saturated carbocycles. The van der Waals surface area contributed by atoms with Gasteiger partial charge in [0.25, 0.3) is 0 Å². The molecule has 4 rings (SSSR count). The van der Waals surface area contributed by atoms with Crippen LogP contribution in [-0.2, 0) is 9.53 Å². The summed E-state index contributed by atoms with van der Waals surface area (Å²) in [7, 11) is 0. The number of ether oxygens (including phenoxy) is 1. The van der Waals surface area contributed by atoms with Crippen molar-refractivity contribution in [3.63, 3.8) is 0 Å². The normalized spacial score (nSPS) is 17.6. The van der Waals surface area contributed by atoms with Crippen molar-refractivity contribution in [3.8, 4) is 12.1 Å². The van der Waals surface area contributed by atoms with Gasteiger partial charge in [0.15, 0.2) is 0 Å². The maximum Gasteiger partial charge on any atom is 0.405 e. The number of rotatable bonds is 7. The number of nitriles is 2. The minimum absolute atomic E-state index is 0.109. The molecule has 2 aromatic rings. The Bertz CT molecular complexity index is 1220. The molecule has 0 spiro atoms. The molecule has 0 bridgehead atoms. The van der Waals surface area contributed by atoms with Crippen molar-refractivity contribution in [2.24, 2.45) is 11.5 Å². The highest BCUT2D eigenvalue weighted by molar-refractivity contribution is 8.00. The van der Waals surface area contributed by atoms with Crippen molar-refractivity contribution in [1.82, 2.24) is 4.98 Å². The van der Waals surface area contributed by atoms with Crippen molar-refractivity contribution in [3.05, 3.63) is 52.6 Å². The molecular weight excluding hydrogens is 464 g/mol. The number of carbonyl (C=O) groups excluding carboxylic acids is 2. The van der Waals surface area contributed by atoms with Crippen LogP contribution < -0.4 is 16.4 Å². The van der Waals surface area contributed by atoms with Gasteiger partial charge in [-0.2, -0.15) is 10.5 Å². The zero-order chi connectivity index (χ0) is 25.2. The van der Waals surface area contributed by atoms with E-state index < -0.39 is 22.9 Å². The Kier molecular flexibility index (Phi) is 6.86. The minimum Gasteiger partial charge on any atom is -0.443 e. The molecule has 1 aromatic heterocycles. The number of nitrogens with zero attached hydrogens (tertiary/aromatic N) is 4. The van der Waals surface area contributed by atoms with E-state index in [1.165, 1.54) is 0 Å². The van der Waals surface area contributed by atoms with Crippen LogP contribution in [0.25, 0.3) is 0 Å². The Balaban J connectivity index is 1.76. The number of piperidine rings is 1. The molecule has 2 aliphatic rings. The van der Waals surface area contributed by atoms with Gasteiger partial charge in [0.2, 0.25) is 5.91 Å². The number of hydrogen-bond donors (Lipinski definition) is 2. The van der Waals surface area contributed by atoms with Crippen LogP contribution in [-0.4, -0.2) is 35.7 Å². The third-order valence-corrected chi connectivity index (χ3v) is 7.71. The summed E-state index contributed by atoms with van der Waals surface area (Å²) in [5.74, 6) is 0.0498. The quantitative estimate of drug-likeness (QED) is 0.558. The number of carbonyl (C=O) groups is 2. The molecule has 1 aliphatic heterocycles. The second-order valence-electron chi connectivity index (χ2n) is 9.07. The summed E-state index contributed by atoms with van der Waals surface area (Å²) >= 11 is 1.14. The molecule has 0 radical (unpaired) electrons. The maximum absolute atomic E-state index is 12.4. The molecule has 1 aliphatic carbocycles. The summed E-state index contributed by atoms with van der Waals surface area (Å²) in [5, 5.41) is 19.8. The molecule has 1 atom stereocenters. The second-order valence-corrected chi connectivity index (χ2v) is 10.2. The Morgan fingerprint density at radius 3 is 2.29 bits per heavy atom. The van der Waals surface area contributed by atoms with Crippen LogP contribution in [0.4, 0.5) is 10.6 Å². The van der Waals surface area contributed by atoms with Gasteiger partial charge in [-0.1, -0.05) is 42.1 Å². The predicted octanol–water partition coefficient (Wildman–Crippen LogP) is 3.48. The van der Waals surface area contributed by atoms with Crippen molar-refractivity contribution in [2.45, 2.75) is 54.4 Å². The van der Waals surface area contributed by atoms with Gasteiger partial charge in [0, 0.05) is 25.9 Å². The van der Waals surface area contributed by atoms with Crippen LogP contribution in [0.1, 0.15) is 66.0 Å². The van der Waals surface area contributed by atoms with E-state index in [2.05, 4.69) is 12.1 Å². The van der Waals surface area contributed by atoms with E-state index in [1.807, 2.05) is 42.2 Å². The first-order valence-corrected chi connectivity index (χ1v) is 12.3. The summed E-state index contributed by atoms with van der Waals surface area (Å²) in [6.45, 7) is 2.81. The summed E-state index contributed by atoms with van der Waals surface area (Å²) in [4.78, 5) is 30.4. The molecular formula is C25H26N6O3S. The average Bonchev–Trinajstić information content (AvgIpc) is 3.67. The second kappa shape index (κ2) is 9.85. The number of aromatic nitrogens is 1. The van der Waals surface area contributed by atoms with E-state index >= 15 is 0 Å². The third kappa shape index (κ3) is 5.18. The summed E-state index contributed by atoms with van der Waals surface area (Å²) in [6.07, 6.45) is 1.98. The average molecular weight is 491 g/mol. The number of amides is 2. The van der Waals surface area contributed by atoms with Gasteiger partial charge in [-0.15, -0.1) is 0 Å². The van der Waals surface area contributed by atoms with Crippen LogP contribution in [0.2, 0.25) is 0 Å². The zero-order valence-electron chi connectivity index (χ0n) is 19.4. The van der Waals surface area contributed by atoms with Crippen molar-refractivity contribution in [1.29, 1.82) is 10.5 Å². The molecule has 4 N–H and O–H groups in total. The molecule has 180 valence electrons. The van der Waals surface area contributed by atoms with E-state index in [0.717, 1.165) is 24.6 Å². The number of thioether (sulfide) groups is 1. The smallest absolute Gasteiger partial charge is 0.405 e. The fraction of sp³-hybridized carbons (Fsp3) is 0.400. The fourth-order valence-electron chi connectivity index (χ4n) is 4.45. The van der Waals surface area contributed by atoms with E-state index in [0.29, 0.717) is 59.0 Å². The standard InChI is InChI=1S/C25H26N6O3S/c1-25(34-24(29)33)9-11-31(12-10-25)22-17(13-26)19(15-7-8-15)18(14-27)23(30-22)35-20(21(28)32)16-5-3-2-4-6-16/h2-6,15,20H,7-12H2,1H3,(H2,28,32)(H2,29,33). The number of anilines is 1. The Hall–Kier alpha value is -3.76. The Morgan fingerprint density at radius 1 is 1.14 bits per heavy atom. The van der Waals surface area contributed by atoms with Gasteiger partial charge in [0.05, 0.1) is 11.1 Å². The largest absolute Gasteiger partial charge is 0.443 e. The van der Waals surface area contributed by atoms with Gasteiger partial charge in [-0.05, 0) is 36.8 Å². The maximum atomic E-state index is 12.4. The molecule has 2 heterocycles. The van der Waals surface area contributed by atoms with Crippen LogP contribution in [0.15, 0.2) is 35.4 Å². The van der Waals surface area contributed by atoms with Crippen LogP contribution in [0, 0.1) is 22.7 Å². The predicted molar refractivity (Wildman–Crippen MR) is 130 cm³/mol. The summed E-state index contributed by atoms with van der Waals surface area (Å²) in [6, 6.07) is 13.6. The van der Waals surface area contributed by atoms with E-state index in [-0.39, 0.29) is 5.92 Å². The number of benzene rings is 1. The van der Waals surface area contributed by atoms with Crippen LogP contribution in [0.5, 0.6) is 0 Å². The van der Waals surface area contributed by atoms with E-state index in [4.69, 9.17) is 21.2 Å². The monoisotopic (exact) mass is 490 g/mol. The highest BCUT2D eigenvalue weighted by atomic mass is 32.2. The van der Waals surface area contributed by atoms with Crippen LogP contribution in [0.3, 0.4) is 0 Å². The highest BCUT2D eigenvalue weighted by Gasteiger charge is 2.38. The van der Waals surface area contributed by atoms with Gasteiger partial charge < -0.3 is 21.1 Å². The molecule has 9 nitrogen and oxygen atoms in total. The first-order chi connectivity index (χ1) is 16.8. The highest BCUT2D eigenvalue weighted by Crippen LogP contribution is 2.48. The van der Waals surface area contributed by atoms with Crippen molar-refractivity contribution < 1.29 is 14.3 Å². The van der Waals surface area contributed by atoms with Crippen molar-refractivity contribution >= 4 is 29.6 Å². The SMILES string of the molecule is CC1(OC(N)=O)CCN(c2nc(SC(C(N)=O)c3ccccc3)c(C#N)c(C3CC3)c2C#N)CC1. The molecule has 10 heteroatoms. The molecule has 1 unspecified atom stereocenters.